The van der Waals surface area contributed by atoms with E-state index in [4.69, 9.17) is 14.6 Å². The third-order valence-corrected chi connectivity index (χ3v) is 4.10. The standard InChI is InChI=1S/C16H18N2O5S/c1-11(23-13-6-4-3-5-7-13)16(19)18-12-8-9-14(22-2)15(10-12)24(17,20)21/h3-11H,1-2H3,(H,18,19)(H2,17,20,21). The van der Waals surface area contributed by atoms with Gasteiger partial charge in [0.25, 0.3) is 5.91 Å². The van der Waals surface area contributed by atoms with Crippen LogP contribution < -0.4 is 19.9 Å². The van der Waals surface area contributed by atoms with Gasteiger partial charge in [0, 0.05) is 5.69 Å². The Kier molecular flexibility index (Phi) is 5.42. The SMILES string of the molecule is COc1ccc(NC(=O)C(C)Oc2ccccc2)cc1S(N)(=O)=O. The number of rotatable bonds is 6. The van der Waals surface area contributed by atoms with E-state index in [-0.39, 0.29) is 16.3 Å². The Morgan fingerprint density at radius 3 is 2.42 bits per heavy atom. The fourth-order valence-electron chi connectivity index (χ4n) is 1.98. The molecule has 3 N–H and O–H groups in total. The number of hydrogen-bond donors (Lipinski definition) is 2. The molecule has 0 aliphatic heterocycles. The number of sulfonamides is 1. The molecular formula is C16H18N2O5S. The molecule has 128 valence electrons. The Bertz CT molecular complexity index is 822. The largest absolute Gasteiger partial charge is 0.495 e. The van der Waals surface area contributed by atoms with Crippen molar-refractivity contribution in [1.29, 1.82) is 0 Å². The van der Waals surface area contributed by atoms with Crippen LogP contribution in [0.2, 0.25) is 0 Å². The fourth-order valence-corrected chi connectivity index (χ4v) is 2.70. The minimum Gasteiger partial charge on any atom is -0.495 e. The Labute approximate surface area is 140 Å². The molecule has 0 heterocycles. The molecule has 7 nitrogen and oxygen atoms in total. The van der Waals surface area contributed by atoms with Crippen LogP contribution in [0.25, 0.3) is 0 Å². The van der Waals surface area contributed by atoms with Crippen molar-refractivity contribution in [1.82, 2.24) is 0 Å². The Balaban J connectivity index is 2.14. The van der Waals surface area contributed by atoms with Crippen LogP contribution in [0, 0.1) is 0 Å². The van der Waals surface area contributed by atoms with Gasteiger partial charge in [0.1, 0.15) is 16.4 Å². The molecule has 0 bridgehead atoms. The van der Waals surface area contributed by atoms with Gasteiger partial charge in [0.05, 0.1) is 7.11 Å². The molecular weight excluding hydrogens is 332 g/mol. The number of amides is 1. The summed E-state index contributed by atoms with van der Waals surface area (Å²) in [5.74, 6) is 0.230. The highest BCUT2D eigenvalue weighted by atomic mass is 32.2. The van der Waals surface area contributed by atoms with E-state index in [2.05, 4.69) is 5.32 Å². The van der Waals surface area contributed by atoms with E-state index in [9.17, 15) is 13.2 Å². The lowest BCUT2D eigenvalue weighted by Gasteiger charge is -2.15. The molecule has 0 aliphatic rings. The number of primary sulfonamides is 1. The van der Waals surface area contributed by atoms with Crippen LogP contribution >= 0.6 is 0 Å². The van der Waals surface area contributed by atoms with E-state index < -0.39 is 22.0 Å². The number of carbonyl (C=O) groups excluding carboxylic acids is 1. The highest BCUT2D eigenvalue weighted by Crippen LogP contribution is 2.26. The van der Waals surface area contributed by atoms with Crippen LogP contribution in [0.4, 0.5) is 5.69 Å². The van der Waals surface area contributed by atoms with Crippen LogP contribution in [0.3, 0.4) is 0 Å². The summed E-state index contributed by atoms with van der Waals surface area (Å²) < 4.78 is 33.6. The molecule has 0 spiro atoms. The van der Waals surface area contributed by atoms with Gasteiger partial charge in [0.2, 0.25) is 10.0 Å². The van der Waals surface area contributed by atoms with E-state index in [0.29, 0.717) is 5.75 Å². The van der Waals surface area contributed by atoms with E-state index in [1.54, 1.807) is 31.2 Å². The molecule has 1 unspecified atom stereocenters. The molecule has 0 fully saturated rings. The quantitative estimate of drug-likeness (QED) is 0.825. The van der Waals surface area contributed by atoms with Crippen molar-refractivity contribution in [3.05, 3.63) is 48.5 Å². The minimum absolute atomic E-state index is 0.101. The molecule has 0 aliphatic carbocycles. The molecule has 0 aromatic heterocycles. The molecule has 0 saturated carbocycles. The lowest BCUT2D eigenvalue weighted by Crippen LogP contribution is -2.30. The molecule has 2 aromatic rings. The van der Waals surface area contributed by atoms with Crippen molar-refractivity contribution < 1.29 is 22.7 Å². The number of hydrogen-bond acceptors (Lipinski definition) is 5. The zero-order valence-electron chi connectivity index (χ0n) is 13.2. The van der Waals surface area contributed by atoms with Crippen LogP contribution in [0.5, 0.6) is 11.5 Å². The normalized spacial score (nSPS) is 12.3. The van der Waals surface area contributed by atoms with Crippen LogP contribution in [0.1, 0.15) is 6.92 Å². The molecule has 2 rings (SSSR count). The summed E-state index contributed by atoms with van der Waals surface area (Å²) in [6.07, 6.45) is -0.771. The van der Waals surface area contributed by atoms with Gasteiger partial charge < -0.3 is 14.8 Å². The van der Waals surface area contributed by atoms with Gasteiger partial charge in [-0.15, -0.1) is 0 Å². The lowest BCUT2D eigenvalue weighted by molar-refractivity contribution is -0.122. The van der Waals surface area contributed by atoms with Crippen LogP contribution in [-0.4, -0.2) is 27.5 Å². The second-order valence-electron chi connectivity index (χ2n) is 4.97. The van der Waals surface area contributed by atoms with Crippen molar-refractivity contribution in [2.24, 2.45) is 5.14 Å². The van der Waals surface area contributed by atoms with E-state index in [1.807, 2.05) is 6.07 Å². The first kappa shape index (κ1) is 17.8. The minimum atomic E-state index is -3.98. The van der Waals surface area contributed by atoms with Crippen molar-refractivity contribution in [3.8, 4) is 11.5 Å². The predicted molar refractivity (Wildman–Crippen MR) is 89.5 cm³/mol. The van der Waals surface area contributed by atoms with Gasteiger partial charge in [-0.25, -0.2) is 13.6 Å². The zero-order valence-corrected chi connectivity index (χ0v) is 14.0. The number of benzene rings is 2. The number of methoxy groups -OCH3 is 1. The second-order valence-corrected chi connectivity index (χ2v) is 6.50. The zero-order chi connectivity index (χ0) is 17.7. The highest BCUT2D eigenvalue weighted by Gasteiger charge is 2.19. The highest BCUT2D eigenvalue weighted by molar-refractivity contribution is 7.89. The first-order valence-corrected chi connectivity index (χ1v) is 8.59. The summed E-state index contributed by atoms with van der Waals surface area (Å²) in [5, 5.41) is 7.74. The Hall–Kier alpha value is -2.58. The third-order valence-electron chi connectivity index (χ3n) is 3.16. The summed E-state index contributed by atoms with van der Waals surface area (Å²) in [6, 6.07) is 13.1. The molecule has 0 radical (unpaired) electrons. The third kappa shape index (κ3) is 4.46. The average molecular weight is 350 g/mol. The van der Waals surface area contributed by atoms with Crippen LogP contribution in [-0.2, 0) is 14.8 Å². The first-order valence-electron chi connectivity index (χ1n) is 7.04. The molecule has 0 saturated heterocycles. The lowest BCUT2D eigenvalue weighted by atomic mass is 10.2. The number of nitrogens with two attached hydrogens (primary N) is 1. The predicted octanol–water partition coefficient (Wildman–Crippen LogP) is 1.75. The van der Waals surface area contributed by atoms with Crippen molar-refractivity contribution >= 4 is 21.6 Å². The summed E-state index contributed by atoms with van der Waals surface area (Å²) in [4.78, 5) is 12.0. The average Bonchev–Trinajstić information content (AvgIpc) is 2.55. The molecule has 8 heteroatoms. The molecule has 1 amide bonds. The Morgan fingerprint density at radius 1 is 1.17 bits per heavy atom. The summed E-state index contributed by atoms with van der Waals surface area (Å²) in [6.45, 7) is 1.59. The van der Waals surface area contributed by atoms with E-state index in [0.717, 1.165) is 0 Å². The van der Waals surface area contributed by atoms with Gasteiger partial charge in [-0.05, 0) is 37.3 Å². The Morgan fingerprint density at radius 2 is 1.83 bits per heavy atom. The van der Waals surface area contributed by atoms with Crippen LogP contribution in [0.15, 0.2) is 53.4 Å². The maximum Gasteiger partial charge on any atom is 0.265 e. The van der Waals surface area contributed by atoms with E-state index in [1.165, 1.54) is 25.3 Å². The molecule has 2 aromatic carbocycles. The fraction of sp³-hybridized carbons (Fsp3) is 0.188. The smallest absolute Gasteiger partial charge is 0.265 e. The van der Waals surface area contributed by atoms with Crippen molar-refractivity contribution in [3.63, 3.8) is 0 Å². The maximum absolute atomic E-state index is 12.2. The molecule has 1 atom stereocenters. The topological polar surface area (TPSA) is 108 Å². The number of ether oxygens (including phenoxy) is 2. The monoisotopic (exact) mass is 350 g/mol. The summed E-state index contributed by atoms with van der Waals surface area (Å²) >= 11 is 0. The van der Waals surface area contributed by atoms with Crippen molar-refractivity contribution in [2.75, 3.05) is 12.4 Å². The first-order chi connectivity index (χ1) is 11.3. The van der Waals surface area contributed by atoms with Gasteiger partial charge in [0.15, 0.2) is 6.10 Å². The van der Waals surface area contributed by atoms with Gasteiger partial charge in [-0.2, -0.15) is 0 Å². The number of para-hydroxylation sites is 1. The molecule has 24 heavy (non-hydrogen) atoms. The number of carbonyl (C=O) groups is 1. The van der Waals surface area contributed by atoms with E-state index >= 15 is 0 Å². The number of nitrogens with one attached hydrogen (secondary N) is 1. The maximum atomic E-state index is 12.2. The second kappa shape index (κ2) is 7.33. The van der Waals surface area contributed by atoms with Crippen molar-refractivity contribution in [2.45, 2.75) is 17.9 Å². The summed E-state index contributed by atoms with van der Waals surface area (Å²) in [7, 11) is -2.65. The number of anilines is 1. The van der Waals surface area contributed by atoms with Gasteiger partial charge >= 0.3 is 0 Å². The van der Waals surface area contributed by atoms with Gasteiger partial charge in [-0.3, -0.25) is 4.79 Å². The summed E-state index contributed by atoms with van der Waals surface area (Å²) in [5.41, 5.74) is 0.272. The van der Waals surface area contributed by atoms with Gasteiger partial charge in [-0.1, -0.05) is 18.2 Å².